The molecular weight excluding hydrogens is 469 g/mol. The van der Waals surface area contributed by atoms with Crippen LogP contribution in [0.1, 0.15) is 30.9 Å². The third-order valence-corrected chi connectivity index (χ3v) is 7.14. The second kappa shape index (κ2) is 9.27. The van der Waals surface area contributed by atoms with Gasteiger partial charge in [-0.25, -0.2) is 23.9 Å². The number of hydrogen-bond donors (Lipinski definition) is 0. The smallest absolute Gasteiger partial charge is 0.225 e. The van der Waals surface area contributed by atoms with Gasteiger partial charge < -0.3 is 9.80 Å². The van der Waals surface area contributed by atoms with Crippen molar-refractivity contribution in [1.29, 1.82) is 0 Å². The fourth-order valence-corrected chi connectivity index (χ4v) is 4.98. The molecule has 5 heterocycles. The van der Waals surface area contributed by atoms with E-state index in [2.05, 4.69) is 54.9 Å². The van der Waals surface area contributed by atoms with Gasteiger partial charge in [0.05, 0.1) is 6.20 Å². The zero-order valence-electron chi connectivity index (χ0n) is 21.0. The molecule has 0 radical (unpaired) electrons. The largest absolute Gasteiger partial charge is 0.351 e. The molecule has 0 unspecified atom stereocenters. The molecule has 188 valence electrons. The summed E-state index contributed by atoms with van der Waals surface area (Å²) in [5.74, 6) is 1.49. The van der Waals surface area contributed by atoms with E-state index in [0.717, 1.165) is 59.2 Å². The van der Waals surface area contributed by atoms with Crippen LogP contribution in [0.15, 0.2) is 67.6 Å². The van der Waals surface area contributed by atoms with Crippen LogP contribution < -0.4 is 9.80 Å². The minimum absolute atomic E-state index is 0.0858. The van der Waals surface area contributed by atoms with Crippen molar-refractivity contribution in [3.63, 3.8) is 0 Å². The molecule has 6 rings (SSSR count). The van der Waals surface area contributed by atoms with Crippen molar-refractivity contribution < 1.29 is 4.39 Å². The Hall–Kier alpha value is -4.34. The Morgan fingerprint density at radius 2 is 1.70 bits per heavy atom. The van der Waals surface area contributed by atoms with E-state index >= 15 is 0 Å². The molecule has 0 amide bonds. The van der Waals surface area contributed by atoms with Gasteiger partial charge in [0.25, 0.3) is 0 Å². The van der Waals surface area contributed by atoms with Crippen LogP contribution in [0.2, 0.25) is 0 Å². The van der Waals surface area contributed by atoms with Crippen molar-refractivity contribution in [2.45, 2.75) is 25.8 Å². The normalized spacial score (nSPS) is 16.9. The van der Waals surface area contributed by atoms with Gasteiger partial charge >= 0.3 is 0 Å². The Balaban J connectivity index is 1.18. The van der Waals surface area contributed by atoms with Crippen LogP contribution in [0.25, 0.3) is 16.6 Å². The van der Waals surface area contributed by atoms with Gasteiger partial charge in [0.1, 0.15) is 17.7 Å². The van der Waals surface area contributed by atoms with E-state index in [9.17, 15) is 4.39 Å². The predicted octanol–water partition coefficient (Wildman–Crippen LogP) is 3.93. The van der Waals surface area contributed by atoms with E-state index in [0.29, 0.717) is 0 Å². The number of hydrogen-bond acceptors (Lipinski definition) is 7. The summed E-state index contributed by atoms with van der Waals surface area (Å²) < 4.78 is 17.0. The van der Waals surface area contributed by atoms with Crippen LogP contribution in [-0.4, -0.2) is 60.0 Å². The lowest BCUT2D eigenvalue weighted by Crippen LogP contribution is -2.53. The summed E-state index contributed by atoms with van der Waals surface area (Å²) in [7, 11) is 1.91. The lowest BCUT2D eigenvalue weighted by Gasteiger charge is -2.40. The first-order valence-electron chi connectivity index (χ1n) is 12.4. The van der Waals surface area contributed by atoms with Crippen LogP contribution in [-0.2, 0) is 7.05 Å². The Bertz CT molecular complexity index is 1520. The summed E-state index contributed by atoms with van der Waals surface area (Å²) in [6, 6.07) is 8.90. The van der Waals surface area contributed by atoms with Gasteiger partial charge in [-0.2, -0.15) is 10.2 Å². The van der Waals surface area contributed by atoms with Crippen molar-refractivity contribution in [3.05, 3.63) is 84.6 Å². The molecule has 1 aliphatic rings. The maximum absolute atomic E-state index is 13.3. The highest BCUT2D eigenvalue weighted by Gasteiger charge is 2.28. The number of benzene rings is 1. The summed E-state index contributed by atoms with van der Waals surface area (Å²) in [6.07, 6.45) is 11.2. The Morgan fingerprint density at radius 3 is 2.41 bits per heavy atom. The van der Waals surface area contributed by atoms with Crippen molar-refractivity contribution in [1.82, 2.24) is 34.3 Å². The zero-order valence-corrected chi connectivity index (χ0v) is 21.0. The average Bonchev–Trinajstić information content (AvgIpc) is 3.55. The van der Waals surface area contributed by atoms with Crippen LogP contribution in [0.4, 0.5) is 16.2 Å². The topological polar surface area (TPSA) is 80.3 Å². The Kier molecular flexibility index (Phi) is 5.78. The van der Waals surface area contributed by atoms with Gasteiger partial charge in [-0.3, -0.25) is 4.68 Å². The van der Waals surface area contributed by atoms with Gasteiger partial charge in [-0.1, -0.05) is 19.1 Å². The zero-order chi connectivity index (χ0) is 25.5. The third kappa shape index (κ3) is 4.39. The van der Waals surface area contributed by atoms with E-state index in [1.807, 2.05) is 54.7 Å². The molecule has 0 saturated carbocycles. The number of aromatic nitrogens is 7. The summed E-state index contributed by atoms with van der Waals surface area (Å²) in [6.45, 7) is 6.62. The van der Waals surface area contributed by atoms with Crippen molar-refractivity contribution in [3.8, 4) is 11.1 Å². The first kappa shape index (κ1) is 23.1. The number of nitrogens with zero attached hydrogens (tertiary/aromatic N) is 9. The Morgan fingerprint density at radius 1 is 0.919 bits per heavy atom. The van der Waals surface area contributed by atoms with Crippen LogP contribution >= 0.6 is 0 Å². The summed E-state index contributed by atoms with van der Waals surface area (Å²) >= 11 is 0. The molecule has 1 aromatic carbocycles. The van der Waals surface area contributed by atoms with Crippen molar-refractivity contribution in [2.24, 2.45) is 7.05 Å². The van der Waals surface area contributed by atoms with E-state index in [1.54, 1.807) is 11.0 Å². The standard InChI is InChI=1S/C27H28FN9/c1-18-14-35(26-25-10-21(16-37(25)33-17-31-26)23-13-32-34(3)15-23)8-9-36(18)27-29-11-22(12-30-27)19(2)20-4-6-24(28)7-5-20/h4-7,10-13,15-19H,8-9,14H2,1-3H3/t18-,19-/m1/s1. The van der Waals surface area contributed by atoms with Gasteiger partial charge in [0, 0.05) is 74.6 Å². The fourth-order valence-electron chi connectivity index (χ4n) is 4.98. The first-order chi connectivity index (χ1) is 18.0. The Labute approximate surface area is 214 Å². The number of rotatable bonds is 5. The summed E-state index contributed by atoms with van der Waals surface area (Å²) in [5, 5.41) is 8.71. The molecule has 4 aromatic heterocycles. The second-order valence-corrected chi connectivity index (χ2v) is 9.62. The van der Waals surface area contributed by atoms with Crippen molar-refractivity contribution >= 4 is 17.3 Å². The number of halogens is 1. The maximum atomic E-state index is 13.3. The highest BCUT2D eigenvalue weighted by Crippen LogP contribution is 2.29. The predicted molar refractivity (Wildman–Crippen MR) is 140 cm³/mol. The van der Waals surface area contributed by atoms with E-state index in [4.69, 9.17) is 0 Å². The maximum Gasteiger partial charge on any atom is 0.225 e. The molecule has 1 saturated heterocycles. The first-order valence-corrected chi connectivity index (χ1v) is 12.4. The van der Waals surface area contributed by atoms with Crippen LogP contribution in [0.3, 0.4) is 0 Å². The van der Waals surface area contributed by atoms with Crippen LogP contribution in [0, 0.1) is 5.82 Å². The molecule has 0 N–H and O–H groups in total. The molecule has 10 heteroatoms. The third-order valence-electron chi connectivity index (χ3n) is 7.14. The van der Waals surface area contributed by atoms with E-state index in [-0.39, 0.29) is 17.8 Å². The lowest BCUT2D eigenvalue weighted by atomic mass is 9.95. The SMILES string of the molecule is C[C@H](c1ccc(F)cc1)c1cnc(N2CCN(c3ncnn4cc(-c5cnn(C)c5)cc34)C[C@H]2C)nc1. The highest BCUT2D eigenvalue weighted by atomic mass is 19.1. The minimum atomic E-state index is -0.232. The number of piperazine rings is 1. The van der Waals surface area contributed by atoms with E-state index < -0.39 is 0 Å². The van der Waals surface area contributed by atoms with Gasteiger partial charge in [0.2, 0.25) is 5.95 Å². The molecular formula is C27H28FN9. The minimum Gasteiger partial charge on any atom is -0.351 e. The molecule has 0 bridgehead atoms. The molecule has 0 aliphatic carbocycles. The van der Waals surface area contributed by atoms with Crippen molar-refractivity contribution in [2.75, 3.05) is 29.4 Å². The molecule has 9 nitrogen and oxygen atoms in total. The van der Waals surface area contributed by atoms with Gasteiger partial charge in [-0.15, -0.1) is 0 Å². The fraction of sp³-hybridized carbons (Fsp3) is 0.296. The summed E-state index contributed by atoms with van der Waals surface area (Å²) in [5.41, 5.74) is 5.12. The molecule has 1 aliphatic heterocycles. The molecule has 5 aromatic rings. The lowest BCUT2D eigenvalue weighted by molar-refractivity contribution is 0.536. The average molecular weight is 498 g/mol. The number of fused-ring (bicyclic) bond motifs is 1. The molecule has 37 heavy (non-hydrogen) atoms. The molecule has 1 fully saturated rings. The number of aryl methyl sites for hydroxylation is 1. The molecule has 2 atom stereocenters. The van der Waals surface area contributed by atoms with Crippen LogP contribution in [0.5, 0.6) is 0 Å². The highest BCUT2D eigenvalue weighted by molar-refractivity contribution is 5.77. The monoisotopic (exact) mass is 497 g/mol. The quantitative estimate of drug-likeness (QED) is 0.364. The second-order valence-electron chi connectivity index (χ2n) is 9.62. The van der Waals surface area contributed by atoms with Gasteiger partial charge in [0.15, 0.2) is 5.82 Å². The summed E-state index contributed by atoms with van der Waals surface area (Å²) in [4.78, 5) is 18.6. The van der Waals surface area contributed by atoms with E-state index in [1.165, 1.54) is 12.1 Å². The molecule has 0 spiro atoms. The van der Waals surface area contributed by atoms with Gasteiger partial charge in [-0.05, 0) is 36.2 Å². The number of anilines is 2.